The maximum atomic E-state index is 3.49. The van der Waals surface area contributed by atoms with Crippen molar-refractivity contribution < 1.29 is 4.57 Å². The molecule has 0 atom stereocenters. The van der Waals surface area contributed by atoms with Crippen LogP contribution in [-0.2, 0) is 13.0 Å². The van der Waals surface area contributed by atoms with Gasteiger partial charge in [0.1, 0.15) is 11.4 Å². The van der Waals surface area contributed by atoms with Crippen molar-refractivity contribution in [3.05, 3.63) is 40.9 Å². The Hall–Kier alpha value is -1.35. The van der Waals surface area contributed by atoms with Crippen molar-refractivity contribution in [2.45, 2.75) is 26.3 Å². The van der Waals surface area contributed by atoms with Crippen molar-refractivity contribution >= 4 is 22.2 Å². The SMILES string of the molecule is Cc1ccc(Nc2scc3[n+]2CCC3)cc1. The van der Waals surface area contributed by atoms with Gasteiger partial charge in [-0.15, -0.1) is 0 Å². The summed E-state index contributed by atoms with van der Waals surface area (Å²) in [6, 6.07) is 8.55. The average molecular weight is 231 g/mol. The van der Waals surface area contributed by atoms with Crippen LogP contribution in [0.1, 0.15) is 17.7 Å². The number of hydrogen-bond acceptors (Lipinski definition) is 2. The van der Waals surface area contributed by atoms with E-state index in [-0.39, 0.29) is 0 Å². The maximum Gasteiger partial charge on any atom is 0.339 e. The molecular formula is C13H15N2S+. The molecule has 0 saturated heterocycles. The summed E-state index contributed by atoms with van der Waals surface area (Å²) < 4.78 is 2.39. The van der Waals surface area contributed by atoms with E-state index in [0.717, 1.165) is 6.54 Å². The number of nitrogens with zero attached hydrogens (tertiary/aromatic N) is 1. The van der Waals surface area contributed by atoms with Gasteiger partial charge in [-0.2, -0.15) is 0 Å². The number of thiazole rings is 1. The Morgan fingerprint density at radius 1 is 1.25 bits per heavy atom. The second-order valence-corrected chi connectivity index (χ2v) is 5.14. The first kappa shape index (κ1) is 9.85. The molecule has 0 bridgehead atoms. The van der Waals surface area contributed by atoms with Crippen LogP contribution in [0.2, 0.25) is 0 Å². The quantitative estimate of drug-likeness (QED) is 0.786. The Morgan fingerprint density at radius 2 is 2.06 bits per heavy atom. The van der Waals surface area contributed by atoms with E-state index in [2.05, 4.69) is 46.5 Å². The Labute approximate surface area is 99.6 Å². The minimum atomic E-state index is 1.16. The molecule has 3 rings (SSSR count). The number of nitrogens with one attached hydrogen (secondary N) is 1. The van der Waals surface area contributed by atoms with Gasteiger partial charge < -0.3 is 0 Å². The van der Waals surface area contributed by atoms with E-state index in [1.165, 1.54) is 34.9 Å². The number of hydrogen-bond donors (Lipinski definition) is 1. The van der Waals surface area contributed by atoms with E-state index in [1.54, 1.807) is 11.3 Å². The van der Waals surface area contributed by atoms with Crippen LogP contribution < -0.4 is 9.88 Å². The van der Waals surface area contributed by atoms with Crippen molar-refractivity contribution in [2.24, 2.45) is 0 Å². The van der Waals surface area contributed by atoms with Crippen molar-refractivity contribution in [1.29, 1.82) is 0 Å². The summed E-state index contributed by atoms with van der Waals surface area (Å²) in [5.74, 6) is 0. The molecule has 0 amide bonds. The monoisotopic (exact) mass is 231 g/mol. The zero-order valence-electron chi connectivity index (χ0n) is 9.36. The molecule has 0 spiro atoms. The highest BCUT2D eigenvalue weighted by molar-refractivity contribution is 7.13. The van der Waals surface area contributed by atoms with Crippen LogP contribution >= 0.6 is 11.3 Å². The Bertz CT molecular complexity index is 499. The van der Waals surface area contributed by atoms with Crippen molar-refractivity contribution in [3.8, 4) is 0 Å². The van der Waals surface area contributed by atoms with Crippen LogP contribution in [0.4, 0.5) is 10.8 Å². The molecule has 2 heterocycles. The van der Waals surface area contributed by atoms with E-state index >= 15 is 0 Å². The zero-order chi connectivity index (χ0) is 11.0. The van der Waals surface area contributed by atoms with Gasteiger partial charge in [-0.3, -0.25) is 0 Å². The molecule has 16 heavy (non-hydrogen) atoms. The summed E-state index contributed by atoms with van der Waals surface area (Å²) in [4.78, 5) is 0. The van der Waals surface area contributed by atoms with Crippen LogP contribution in [0.5, 0.6) is 0 Å². The number of fused-ring (bicyclic) bond motifs is 1. The Kier molecular flexibility index (Phi) is 2.40. The highest BCUT2D eigenvalue weighted by Crippen LogP contribution is 2.23. The highest BCUT2D eigenvalue weighted by atomic mass is 32.1. The fourth-order valence-corrected chi connectivity index (χ4v) is 3.10. The van der Waals surface area contributed by atoms with E-state index in [9.17, 15) is 0 Å². The van der Waals surface area contributed by atoms with Gasteiger partial charge in [-0.25, -0.2) is 9.88 Å². The summed E-state index contributed by atoms with van der Waals surface area (Å²) >= 11 is 1.80. The smallest absolute Gasteiger partial charge is 0.231 e. The second kappa shape index (κ2) is 3.91. The Morgan fingerprint density at radius 3 is 2.88 bits per heavy atom. The predicted octanol–water partition coefficient (Wildman–Crippen LogP) is 3.03. The maximum absolute atomic E-state index is 3.49. The third-order valence-electron chi connectivity index (χ3n) is 3.02. The van der Waals surface area contributed by atoms with Crippen LogP contribution in [0, 0.1) is 6.92 Å². The molecule has 82 valence electrons. The molecule has 0 unspecified atom stereocenters. The molecule has 1 aromatic carbocycles. The fourth-order valence-electron chi connectivity index (χ4n) is 2.10. The van der Waals surface area contributed by atoms with Crippen LogP contribution in [0.3, 0.4) is 0 Å². The van der Waals surface area contributed by atoms with Gasteiger partial charge in [-0.05, 0) is 25.5 Å². The van der Waals surface area contributed by atoms with Crippen molar-refractivity contribution in [3.63, 3.8) is 0 Å². The standard InChI is InChI=1S/C13H14N2S/c1-10-4-6-11(7-5-10)14-13-15-8-2-3-12(15)9-16-13/h4-7,9H,2-3,8H2,1H3/p+1. The van der Waals surface area contributed by atoms with Gasteiger partial charge in [0, 0.05) is 11.8 Å². The number of aryl methyl sites for hydroxylation is 2. The van der Waals surface area contributed by atoms with E-state index in [1.807, 2.05) is 0 Å². The third kappa shape index (κ3) is 1.71. The lowest BCUT2D eigenvalue weighted by Gasteiger charge is -1.99. The topological polar surface area (TPSA) is 15.9 Å². The van der Waals surface area contributed by atoms with Gasteiger partial charge in [-0.1, -0.05) is 29.0 Å². The first-order valence-electron chi connectivity index (χ1n) is 5.67. The fraction of sp³-hybridized carbons (Fsp3) is 0.308. The first-order valence-corrected chi connectivity index (χ1v) is 6.55. The van der Waals surface area contributed by atoms with Gasteiger partial charge >= 0.3 is 5.13 Å². The van der Waals surface area contributed by atoms with Crippen LogP contribution in [0.25, 0.3) is 0 Å². The van der Waals surface area contributed by atoms with E-state index in [4.69, 9.17) is 0 Å². The average Bonchev–Trinajstić information content (AvgIpc) is 2.86. The van der Waals surface area contributed by atoms with E-state index < -0.39 is 0 Å². The molecular weight excluding hydrogens is 216 g/mol. The predicted molar refractivity (Wildman–Crippen MR) is 67.3 cm³/mol. The summed E-state index contributed by atoms with van der Waals surface area (Å²) in [5, 5.41) is 7.02. The lowest BCUT2D eigenvalue weighted by molar-refractivity contribution is -0.672. The molecule has 1 aliphatic rings. The highest BCUT2D eigenvalue weighted by Gasteiger charge is 2.22. The molecule has 0 fully saturated rings. The number of rotatable bonds is 2. The van der Waals surface area contributed by atoms with Gasteiger partial charge in [0.25, 0.3) is 0 Å². The molecule has 1 aromatic heterocycles. The zero-order valence-corrected chi connectivity index (χ0v) is 10.2. The van der Waals surface area contributed by atoms with Crippen LogP contribution in [0.15, 0.2) is 29.6 Å². The van der Waals surface area contributed by atoms with Gasteiger partial charge in [0.05, 0.1) is 6.54 Å². The number of aromatic nitrogens is 1. The Balaban J connectivity index is 1.86. The lowest BCUT2D eigenvalue weighted by atomic mass is 10.2. The largest absolute Gasteiger partial charge is 0.339 e. The second-order valence-electron chi connectivity index (χ2n) is 4.28. The third-order valence-corrected chi connectivity index (χ3v) is 3.95. The normalized spacial score (nSPS) is 13.8. The van der Waals surface area contributed by atoms with Crippen molar-refractivity contribution in [2.75, 3.05) is 5.32 Å². The molecule has 3 heteroatoms. The molecule has 1 N–H and O–H groups in total. The molecule has 0 aliphatic carbocycles. The summed E-state index contributed by atoms with van der Waals surface area (Å²) in [6.07, 6.45) is 2.51. The van der Waals surface area contributed by atoms with Crippen molar-refractivity contribution in [1.82, 2.24) is 0 Å². The molecule has 0 radical (unpaired) electrons. The molecule has 1 aliphatic heterocycles. The van der Waals surface area contributed by atoms with Gasteiger partial charge in [0.15, 0.2) is 0 Å². The van der Waals surface area contributed by atoms with E-state index in [0.29, 0.717) is 0 Å². The summed E-state index contributed by atoms with van der Waals surface area (Å²) in [7, 11) is 0. The summed E-state index contributed by atoms with van der Waals surface area (Å²) in [5.41, 5.74) is 3.95. The number of anilines is 2. The molecule has 0 saturated carbocycles. The molecule has 2 aromatic rings. The lowest BCUT2D eigenvalue weighted by Crippen LogP contribution is -2.32. The minimum Gasteiger partial charge on any atom is -0.231 e. The van der Waals surface area contributed by atoms with Gasteiger partial charge in [0.2, 0.25) is 0 Å². The first-order chi connectivity index (χ1) is 7.83. The van der Waals surface area contributed by atoms with Crippen LogP contribution in [-0.4, -0.2) is 0 Å². The summed E-state index contributed by atoms with van der Waals surface area (Å²) in [6.45, 7) is 3.27. The molecule has 2 nitrogen and oxygen atoms in total. The minimum absolute atomic E-state index is 1.16. The number of benzene rings is 1.